The quantitative estimate of drug-likeness (QED) is 0.457. The van der Waals surface area contributed by atoms with E-state index in [1.54, 1.807) is 0 Å². The molecule has 0 aliphatic rings. The van der Waals surface area contributed by atoms with E-state index in [1.807, 2.05) is 0 Å². The van der Waals surface area contributed by atoms with Crippen LogP contribution in [0.5, 0.6) is 0 Å². The summed E-state index contributed by atoms with van der Waals surface area (Å²) in [6.45, 7) is 4.22. The van der Waals surface area contributed by atoms with E-state index >= 15 is 0 Å². The molecule has 11 heavy (non-hydrogen) atoms. The van der Waals surface area contributed by atoms with Gasteiger partial charge in [0, 0.05) is 6.42 Å². The first kappa shape index (κ1) is 6.04. The van der Waals surface area contributed by atoms with Crippen LogP contribution in [-0.2, 0) is 9.53 Å². The largest absolute Gasteiger partial charge is 0.469 e. The Bertz CT molecular complexity index is 175. The molecule has 66 valence electrons. The smallest absolute Gasteiger partial charge is 0.305 e. The molecule has 2 heteroatoms. The predicted molar refractivity (Wildman–Crippen MR) is 45.3 cm³/mol. The van der Waals surface area contributed by atoms with Crippen molar-refractivity contribution in [2.45, 2.75) is 39.5 Å². The molecule has 0 aromatic carbocycles. The van der Waals surface area contributed by atoms with Crippen LogP contribution in [0.2, 0.25) is 0 Å². The van der Waals surface area contributed by atoms with Crippen molar-refractivity contribution in [1.82, 2.24) is 0 Å². The molecule has 0 aliphatic carbocycles. The third kappa shape index (κ3) is 7.37. The normalized spacial score (nSPS) is 15.4. The number of esters is 1. The monoisotopic (exact) mass is 161 g/mol. The third-order valence-corrected chi connectivity index (χ3v) is 1.53. The topological polar surface area (TPSA) is 26.3 Å². The van der Waals surface area contributed by atoms with Gasteiger partial charge in [0.05, 0.1) is 11.2 Å². The number of rotatable bonds is 5. The van der Waals surface area contributed by atoms with E-state index in [9.17, 15) is 4.79 Å². The highest BCUT2D eigenvalue weighted by molar-refractivity contribution is 5.68. The van der Waals surface area contributed by atoms with Gasteiger partial charge in [0.2, 0.25) is 0 Å². The summed E-state index contributed by atoms with van der Waals surface area (Å²) in [5, 5.41) is 0. The average molecular weight is 161 g/mol. The maximum atomic E-state index is 10.9. The molecule has 0 saturated heterocycles. The number of ether oxygens (including phenoxy) is 1. The van der Waals surface area contributed by atoms with Crippen molar-refractivity contribution >= 4 is 5.97 Å². The molecule has 2 nitrogen and oxygen atoms in total. The highest BCUT2D eigenvalue weighted by Crippen LogP contribution is 2.07. The van der Waals surface area contributed by atoms with Gasteiger partial charge in [-0.3, -0.25) is 4.79 Å². The lowest BCUT2D eigenvalue weighted by Gasteiger charge is -2.02. The minimum absolute atomic E-state index is 0.200. The molecule has 0 heterocycles. The van der Waals surface area contributed by atoms with Crippen molar-refractivity contribution in [3.05, 3.63) is 0 Å². The van der Waals surface area contributed by atoms with Crippen molar-refractivity contribution in [2.75, 3.05) is 7.04 Å². The number of unbranched alkanes of at least 4 members (excludes halogenated alkanes) is 1. The molecule has 0 N–H and O–H groups in total. The van der Waals surface area contributed by atoms with Gasteiger partial charge in [-0.1, -0.05) is 26.7 Å². The minimum Gasteiger partial charge on any atom is -0.469 e. The van der Waals surface area contributed by atoms with Gasteiger partial charge in [0.1, 0.15) is 0 Å². The fourth-order valence-corrected chi connectivity index (χ4v) is 0.873. The molecule has 0 aliphatic heterocycles. The predicted octanol–water partition coefficient (Wildman–Crippen LogP) is 2.38. The standard InChI is InChI=1S/C9H18O2/c1-8(2)6-4-5-7-9(10)11-3/h8H,4-7H2,1-3H3/i3D3. The number of carbonyl (C=O) groups is 1. The van der Waals surface area contributed by atoms with E-state index < -0.39 is 13.0 Å². The Morgan fingerprint density at radius 3 is 2.82 bits per heavy atom. The summed E-state index contributed by atoms with van der Waals surface area (Å²) in [6.07, 6.45) is 2.90. The van der Waals surface area contributed by atoms with Gasteiger partial charge >= 0.3 is 5.97 Å². The molecule has 0 aromatic heterocycles. The van der Waals surface area contributed by atoms with Gasteiger partial charge in [-0.15, -0.1) is 0 Å². The van der Waals surface area contributed by atoms with Crippen LogP contribution in [0.4, 0.5) is 0 Å². The molecule has 0 bridgehead atoms. The lowest BCUT2D eigenvalue weighted by molar-refractivity contribution is -0.140. The van der Waals surface area contributed by atoms with Crippen LogP contribution < -0.4 is 0 Å². The Morgan fingerprint density at radius 2 is 2.27 bits per heavy atom. The van der Waals surface area contributed by atoms with Crippen molar-refractivity contribution in [3.63, 3.8) is 0 Å². The van der Waals surface area contributed by atoms with E-state index in [-0.39, 0.29) is 6.42 Å². The van der Waals surface area contributed by atoms with Crippen LogP contribution in [0.1, 0.15) is 43.6 Å². The first-order valence-corrected chi connectivity index (χ1v) is 4.03. The SMILES string of the molecule is [2H]C([2H])([2H])OC(=O)CCCCC(C)C. The zero-order valence-corrected chi connectivity index (χ0v) is 7.22. The summed E-state index contributed by atoms with van der Waals surface area (Å²) in [4.78, 5) is 10.9. The van der Waals surface area contributed by atoms with E-state index in [0.717, 1.165) is 12.8 Å². The molecule has 0 fully saturated rings. The molecular formula is C9H18O2. The third-order valence-electron chi connectivity index (χ3n) is 1.53. The highest BCUT2D eigenvalue weighted by atomic mass is 16.5. The maximum absolute atomic E-state index is 10.9. The summed E-state index contributed by atoms with van der Waals surface area (Å²) in [5.74, 6) is -0.0117. The molecule has 0 spiro atoms. The molecule has 0 rings (SSSR count). The Balaban J connectivity index is 3.46. The second kappa shape index (κ2) is 6.20. The van der Waals surface area contributed by atoms with Crippen LogP contribution in [0.3, 0.4) is 0 Å². The van der Waals surface area contributed by atoms with E-state index in [4.69, 9.17) is 4.11 Å². The molecule has 0 aromatic rings. The van der Waals surface area contributed by atoms with E-state index in [2.05, 4.69) is 18.6 Å². The van der Waals surface area contributed by atoms with Gasteiger partial charge in [0.15, 0.2) is 0 Å². The van der Waals surface area contributed by atoms with Gasteiger partial charge in [-0.25, -0.2) is 0 Å². The Kier molecular flexibility index (Phi) is 3.40. The average Bonchev–Trinajstić information content (AvgIpc) is 1.94. The van der Waals surface area contributed by atoms with Crippen molar-refractivity contribution < 1.29 is 13.6 Å². The van der Waals surface area contributed by atoms with Gasteiger partial charge in [0.25, 0.3) is 0 Å². The summed E-state index contributed by atoms with van der Waals surface area (Å²) in [6, 6.07) is 0. The molecule has 0 atom stereocenters. The first-order valence-electron chi connectivity index (χ1n) is 5.53. The Morgan fingerprint density at radius 1 is 1.55 bits per heavy atom. The zero-order chi connectivity index (χ0) is 11.2. The van der Waals surface area contributed by atoms with Crippen LogP contribution in [0, 0.1) is 5.92 Å². The lowest BCUT2D eigenvalue weighted by atomic mass is 10.1. The van der Waals surface area contributed by atoms with E-state index in [1.165, 1.54) is 0 Å². The Labute approximate surface area is 73.1 Å². The molecule has 0 saturated carbocycles. The zero-order valence-electron chi connectivity index (χ0n) is 10.2. The molecule has 0 unspecified atom stereocenters. The number of hydrogen-bond donors (Lipinski definition) is 0. The summed E-state index contributed by atoms with van der Waals surface area (Å²) in [5.41, 5.74) is 0. The summed E-state index contributed by atoms with van der Waals surface area (Å²) < 4.78 is 24.3. The fraction of sp³-hybridized carbons (Fsp3) is 0.889. The second-order valence-corrected chi connectivity index (χ2v) is 3.11. The molecule has 0 amide bonds. The Hall–Kier alpha value is -0.530. The lowest BCUT2D eigenvalue weighted by Crippen LogP contribution is -1.99. The van der Waals surface area contributed by atoms with Crippen molar-refractivity contribution in [3.8, 4) is 0 Å². The van der Waals surface area contributed by atoms with Crippen LogP contribution in [0.15, 0.2) is 0 Å². The molecular weight excluding hydrogens is 140 g/mol. The summed E-state index contributed by atoms with van der Waals surface area (Å²) in [7, 11) is -2.59. The van der Waals surface area contributed by atoms with Crippen molar-refractivity contribution in [1.29, 1.82) is 0 Å². The minimum atomic E-state index is -2.59. The highest BCUT2D eigenvalue weighted by Gasteiger charge is 1.99. The fourth-order valence-electron chi connectivity index (χ4n) is 0.873. The number of carbonyl (C=O) groups excluding carboxylic acids is 1. The van der Waals surface area contributed by atoms with Crippen LogP contribution in [0.25, 0.3) is 0 Å². The van der Waals surface area contributed by atoms with Crippen LogP contribution >= 0.6 is 0 Å². The van der Waals surface area contributed by atoms with Gasteiger partial charge in [-0.2, -0.15) is 0 Å². The van der Waals surface area contributed by atoms with E-state index in [0.29, 0.717) is 12.3 Å². The van der Waals surface area contributed by atoms with Crippen LogP contribution in [-0.4, -0.2) is 13.0 Å². The number of methoxy groups -OCH3 is 1. The maximum Gasteiger partial charge on any atom is 0.305 e. The number of hydrogen-bond acceptors (Lipinski definition) is 2. The van der Waals surface area contributed by atoms with Crippen molar-refractivity contribution in [2.24, 2.45) is 5.92 Å². The van der Waals surface area contributed by atoms with Gasteiger partial charge < -0.3 is 4.74 Å². The first-order chi connectivity index (χ1) is 6.31. The van der Waals surface area contributed by atoms with Gasteiger partial charge in [-0.05, 0) is 12.3 Å². The molecule has 0 radical (unpaired) electrons. The summed E-state index contributed by atoms with van der Waals surface area (Å²) >= 11 is 0. The second-order valence-electron chi connectivity index (χ2n) is 3.11.